The number of carbonyl (C=O) groups excluding carboxylic acids is 1. The van der Waals surface area contributed by atoms with Gasteiger partial charge in [-0.15, -0.1) is 10.2 Å². The van der Waals surface area contributed by atoms with Crippen LogP contribution in [0.15, 0.2) is 24.3 Å². The number of fused-ring (bicyclic) bond motifs is 2. The van der Waals surface area contributed by atoms with Gasteiger partial charge in [0.2, 0.25) is 5.91 Å². The Kier molecular flexibility index (Phi) is 4.86. The highest BCUT2D eigenvalue weighted by atomic mass is 16.5. The number of likely N-dealkylation sites (tertiary alicyclic amines) is 1. The first-order chi connectivity index (χ1) is 13.8. The molecule has 3 aliphatic heterocycles. The van der Waals surface area contributed by atoms with Crippen LogP contribution < -0.4 is 5.32 Å². The lowest BCUT2D eigenvalue weighted by atomic mass is 9.93. The number of benzene rings is 1. The summed E-state index contributed by atoms with van der Waals surface area (Å²) in [6.45, 7) is 4.99. The zero-order valence-electron chi connectivity index (χ0n) is 16.1. The highest BCUT2D eigenvalue weighted by molar-refractivity contribution is 5.77. The Hall–Kier alpha value is -2.25. The minimum absolute atomic E-state index is 0.105. The molecular weight excluding hydrogens is 354 g/mol. The fourth-order valence-corrected chi connectivity index (χ4v) is 4.74. The van der Waals surface area contributed by atoms with Crippen molar-refractivity contribution in [1.29, 1.82) is 0 Å². The standard InChI is InChI=1S/C21H27N5O2/c27-20(13-18-17-4-2-1-3-15(17)7-12-28-18)25-9-5-16(6-10-25)21-24-23-19-14-22-8-11-26(19)21/h1-4,16,18,22H,5-14H2. The molecule has 1 atom stereocenters. The van der Waals surface area contributed by atoms with E-state index in [1.165, 1.54) is 11.1 Å². The number of carbonyl (C=O) groups is 1. The van der Waals surface area contributed by atoms with Crippen LogP contribution in [0, 0.1) is 0 Å². The number of aromatic nitrogens is 3. The van der Waals surface area contributed by atoms with E-state index in [0.717, 1.165) is 63.6 Å². The van der Waals surface area contributed by atoms with Crippen molar-refractivity contribution < 1.29 is 9.53 Å². The van der Waals surface area contributed by atoms with Gasteiger partial charge in [-0.3, -0.25) is 4.79 Å². The van der Waals surface area contributed by atoms with Gasteiger partial charge in [0.05, 0.1) is 25.7 Å². The molecule has 1 aromatic heterocycles. The molecule has 1 fully saturated rings. The summed E-state index contributed by atoms with van der Waals surface area (Å²) in [6, 6.07) is 8.34. The molecule has 0 radical (unpaired) electrons. The highest BCUT2D eigenvalue weighted by Crippen LogP contribution is 2.32. The fraction of sp³-hybridized carbons (Fsp3) is 0.571. The molecule has 3 aliphatic rings. The van der Waals surface area contributed by atoms with Gasteiger partial charge in [0.25, 0.3) is 0 Å². The molecule has 0 saturated carbocycles. The van der Waals surface area contributed by atoms with Crippen LogP contribution in [0.5, 0.6) is 0 Å². The van der Waals surface area contributed by atoms with E-state index in [4.69, 9.17) is 4.74 Å². The Bertz CT molecular complexity index is 856. The number of ether oxygens (including phenoxy) is 1. The summed E-state index contributed by atoms with van der Waals surface area (Å²) >= 11 is 0. The average molecular weight is 381 g/mol. The minimum Gasteiger partial charge on any atom is -0.373 e. The van der Waals surface area contributed by atoms with Gasteiger partial charge in [0.15, 0.2) is 0 Å². The molecule has 1 amide bonds. The maximum atomic E-state index is 12.9. The fourth-order valence-electron chi connectivity index (χ4n) is 4.74. The molecule has 148 valence electrons. The first-order valence-electron chi connectivity index (χ1n) is 10.4. The molecule has 4 heterocycles. The number of piperidine rings is 1. The first-order valence-corrected chi connectivity index (χ1v) is 10.4. The van der Waals surface area contributed by atoms with Crippen molar-refractivity contribution in [2.24, 2.45) is 0 Å². The summed E-state index contributed by atoms with van der Waals surface area (Å²) in [5.41, 5.74) is 2.50. The third-order valence-electron chi connectivity index (χ3n) is 6.32. The summed E-state index contributed by atoms with van der Waals surface area (Å²) in [5, 5.41) is 12.1. The van der Waals surface area contributed by atoms with E-state index in [1.807, 2.05) is 11.0 Å². The van der Waals surface area contributed by atoms with Crippen molar-refractivity contribution in [2.75, 3.05) is 26.2 Å². The topological polar surface area (TPSA) is 72.3 Å². The lowest BCUT2D eigenvalue weighted by Gasteiger charge is -2.34. The van der Waals surface area contributed by atoms with Gasteiger partial charge in [-0.2, -0.15) is 0 Å². The summed E-state index contributed by atoms with van der Waals surface area (Å²) < 4.78 is 8.20. The molecule has 7 heteroatoms. The zero-order valence-corrected chi connectivity index (χ0v) is 16.1. The second kappa shape index (κ2) is 7.64. The van der Waals surface area contributed by atoms with Crippen LogP contribution in [-0.2, 0) is 29.0 Å². The van der Waals surface area contributed by atoms with Crippen LogP contribution in [-0.4, -0.2) is 51.8 Å². The van der Waals surface area contributed by atoms with Gasteiger partial charge < -0.3 is 19.5 Å². The van der Waals surface area contributed by atoms with Crippen LogP contribution in [0.25, 0.3) is 0 Å². The van der Waals surface area contributed by atoms with Crippen LogP contribution in [0.4, 0.5) is 0 Å². The van der Waals surface area contributed by atoms with Crippen molar-refractivity contribution >= 4 is 5.91 Å². The summed E-state index contributed by atoms with van der Waals surface area (Å²) in [7, 11) is 0. The monoisotopic (exact) mass is 381 g/mol. The van der Waals surface area contributed by atoms with Gasteiger partial charge in [0, 0.05) is 32.1 Å². The molecule has 1 aromatic carbocycles. The van der Waals surface area contributed by atoms with E-state index in [9.17, 15) is 4.79 Å². The van der Waals surface area contributed by atoms with E-state index < -0.39 is 0 Å². The lowest BCUT2D eigenvalue weighted by Crippen LogP contribution is -2.39. The second-order valence-electron chi connectivity index (χ2n) is 7.97. The van der Waals surface area contributed by atoms with E-state index in [0.29, 0.717) is 18.9 Å². The van der Waals surface area contributed by atoms with Gasteiger partial charge in [-0.1, -0.05) is 24.3 Å². The normalized spacial score (nSPS) is 22.6. The van der Waals surface area contributed by atoms with Gasteiger partial charge in [-0.25, -0.2) is 0 Å². The highest BCUT2D eigenvalue weighted by Gasteiger charge is 2.31. The number of nitrogens with one attached hydrogen (secondary N) is 1. The molecular formula is C21H27N5O2. The molecule has 7 nitrogen and oxygen atoms in total. The summed E-state index contributed by atoms with van der Waals surface area (Å²) in [5.74, 6) is 2.74. The van der Waals surface area contributed by atoms with Crippen molar-refractivity contribution in [1.82, 2.24) is 25.0 Å². The SMILES string of the molecule is O=C(CC1OCCc2ccccc21)N1CCC(c2nnc3n2CCNC3)CC1. The van der Waals surface area contributed by atoms with Crippen molar-refractivity contribution in [3.63, 3.8) is 0 Å². The molecule has 28 heavy (non-hydrogen) atoms. The average Bonchev–Trinajstić information content (AvgIpc) is 3.18. The summed E-state index contributed by atoms with van der Waals surface area (Å²) in [6.07, 6.45) is 3.18. The molecule has 2 aromatic rings. The van der Waals surface area contributed by atoms with E-state index >= 15 is 0 Å². The minimum atomic E-state index is -0.105. The van der Waals surface area contributed by atoms with E-state index in [1.54, 1.807) is 0 Å². The number of hydrogen-bond acceptors (Lipinski definition) is 5. The number of rotatable bonds is 3. The lowest BCUT2D eigenvalue weighted by molar-refractivity contribution is -0.135. The van der Waals surface area contributed by atoms with Crippen LogP contribution >= 0.6 is 0 Å². The molecule has 1 saturated heterocycles. The van der Waals surface area contributed by atoms with Crippen LogP contribution in [0.1, 0.15) is 54.1 Å². The smallest absolute Gasteiger partial charge is 0.225 e. The maximum Gasteiger partial charge on any atom is 0.225 e. The largest absolute Gasteiger partial charge is 0.373 e. The molecule has 0 aliphatic carbocycles. The van der Waals surface area contributed by atoms with Crippen molar-refractivity contribution in [3.8, 4) is 0 Å². The maximum absolute atomic E-state index is 12.9. The third-order valence-corrected chi connectivity index (χ3v) is 6.32. The summed E-state index contributed by atoms with van der Waals surface area (Å²) in [4.78, 5) is 14.9. The number of amides is 1. The van der Waals surface area contributed by atoms with E-state index in [2.05, 4.69) is 38.3 Å². The molecule has 1 N–H and O–H groups in total. The Labute approximate surface area is 165 Å². The van der Waals surface area contributed by atoms with Gasteiger partial charge in [-0.05, 0) is 30.4 Å². The quantitative estimate of drug-likeness (QED) is 0.878. The van der Waals surface area contributed by atoms with E-state index in [-0.39, 0.29) is 12.0 Å². The first kappa shape index (κ1) is 17.8. The Morgan fingerprint density at radius 3 is 2.93 bits per heavy atom. The Balaban J connectivity index is 1.21. The third kappa shape index (κ3) is 3.33. The van der Waals surface area contributed by atoms with Crippen molar-refractivity contribution in [3.05, 3.63) is 47.0 Å². The number of nitrogens with zero attached hydrogens (tertiary/aromatic N) is 4. The predicted molar refractivity (Wildman–Crippen MR) is 104 cm³/mol. The second-order valence-corrected chi connectivity index (χ2v) is 7.97. The molecule has 0 bridgehead atoms. The Morgan fingerprint density at radius 1 is 1.18 bits per heavy atom. The van der Waals surface area contributed by atoms with Crippen LogP contribution in [0.3, 0.4) is 0 Å². The predicted octanol–water partition coefficient (Wildman–Crippen LogP) is 1.79. The zero-order chi connectivity index (χ0) is 18.9. The van der Waals surface area contributed by atoms with Gasteiger partial charge >= 0.3 is 0 Å². The van der Waals surface area contributed by atoms with Crippen molar-refractivity contribution in [2.45, 2.75) is 50.8 Å². The Morgan fingerprint density at radius 2 is 2.04 bits per heavy atom. The van der Waals surface area contributed by atoms with Gasteiger partial charge in [0.1, 0.15) is 11.6 Å². The molecule has 0 spiro atoms. The molecule has 5 rings (SSSR count). The van der Waals surface area contributed by atoms with Crippen LogP contribution in [0.2, 0.25) is 0 Å². The number of hydrogen-bond donors (Lipinski definition) is 1. The molecule has 1 unspecified atom stereocenters.